The summed E-state index contributed by atoms with van der Waals surface area (Å²) in [4.78, 5) is 21.6. The van der Waals surface area contributed by atoms with Gasteiger partial charge in [-0.05, 0) is 30.7 Å². The minimum atomic E-state index is -1.63. The Balaban J connectivity index is 2.93. The first-order chi connectivity index (χ1) is 9.97. The molecule has 0 aromatic heterocycles. The highest BCUT2D eigenvalue weighted by Crippen LogP contribution is 2.14. The van der Waals surface area contributed by atoms with Crippen LogP contribution in [-0.2, 0) is 9.53 Å². The van der Waals surface area contributed by atoms with Crippen molar-refractivity contribution in [2.24, 2.45) is 0 Å². The Morgan fingerprint density at radius 2 is 2.14 bits per heavy atom. The molecule has 0 amide bonds. The molecule has 0 radical (unpaired) electrons. The van der Waals surface area contributed by atoms with Crippen molar-refractivity contribution in [3.8, 4) is 6.07 Å². The van der Waals surface area contributed by atoms with E-state index in [0.717, 1.165) is 0 Å². The fraction of sp³-hybridized carbons (Fsp3) is 0.286. The molecule has 1 aromatic carbocycles. The first-order valence-electron chi connectivity index (χ1n) is 6.14. The topological polar surface area (TPSA) is 93.2 Å². The SMILES string of the molecule is CCOC(=O)C(C/C(C#N)=C/c1ccc(F)cc1)[N+](=O)[O-]. The summed E-state index contributed by atoms with van der Waals surface area (Å²) in [5, 5.41) is 19.9. The Morgan fingerprint density at radius 1 is 1.52 bits per heavy atom. The van der Waals surface area contributed by atoms with Crippen LogP contribution in [0.3, 0.4) is 0 Å². The molecule has 0 bridgehead atoms. The van der Waals surface area contributed by atoms with E-state index in [1.54, 1.807) is 6.07 Å². The molecule has 7 heteroatoms. The molecule has 0 aliphatic rings. The van der Waals surface area contributed by atoms with Gasteiger partial charge in [0.25, 0.3) is 0 Å². The molecule has 110 valence electrons. The number of hydrogen-bond acceptors (Lipinski definition) is 5. The number of carbonyl (C=O) groups excluding carboxylic acids is 1. The predicted molar refractivity (Wildman–Crippen MR) is 72.0 cm³/mol. The average molecular weight is 292 g/mol. The lowest BCUT2D eigenvalue weighted by Crippen LogP contribution is -2.31. The number of esters is 1. The minimum absolute atomic E-state index is 0.0206. The van der Waals surface area contributed by atoms with Crippen molar-refractivity contribution < 1.29 is 18.8 Å². The number of hydrogen-bond donors (Lipinski definition) is 0. The lowest BCUT2D eigenvalue weighted by molar-refractivity contribution is -0.509. The number of halogens is 1. The highest BCUT2D eigenvalue weighted by molar-refractivity contribution is 5.75. The predicted octanol–water partition coefficient (Wildman–Crippen LogP) is 2.33. The molecule has 0 spiro atoms. The highest BCUT2D eigenvalue weighted by Gasteiger charge is 2.32. The lowest BCUT2D eigenvalue weighted by atomic mass is 10.0. The smallest absolute Gasteiger partial charge is 0.382 e. The van der Waals surface area contributed by atoms with Crippen LogP contribution >= 0.6 is 0 Å². The summed E-state index contributed by atoms with van der Waals surface area (Å²) in [5.41, 5.74) is 0.551. The van der Waals surface area contributed by atoms with Gasteiger partial charge in [0.15, 0.2) is 0 Å². The number of rotatable bonds is 6. The van der Waals surface area contributed by atoms with E-state index in [9.17, 15) is 19.3 Å². The van der Waals surface area contributed by atoms with Crippen LogP contribution in [0.1, 0.15) is 18.9 Å². The number of carbonyl (C=O) groups is 1. The Labute approximate surface area is 120 Å². The quantitative estimate of drug-likeness (QED) is 0.347. The van der Waals surface area contributed by atoms with Gasteiger partial charge in [-0.3, -0.25) is 10.1 Å². The van der Waals surface area contributed by atoms with Crippen LogP contribution in [0.4, 0.5) is 4.39 Å². The van der Waals surface area contributed by atoms with Crippen molar-refractivity contribution in [3.05, 3.63) is 51.3 Å². The molecule has 1 rings (SSSR count). The van der Waals surface area contributed by atoms with E-state index in [4.69, 9.17) is 5.26 Å². The summed E-state index contributed by atoms with van der Waals surface area (Å²) in [5.74, 6) is -1.41. The fourth-order valence-corrected chi connectivity index (χ4v) is 1.59. The van der Waals surface area contributed by atoms with E-state index in [1.807, 2.05) is 0 Å². The summed E-state index contributed by atoms with van der Waals surface area (Å²) in [6.07, 6.45) is 0.995. The summed E-state index contributed by atoms with van der Waals surface area (Å²) in [6.45, 7) is 1.56. The maximum Gasteiger partial charge on any atom is 0.382 e. The second-order valence-electron chi connectivity index (χ2n) is 4.09. The van der Waals surface area contributed by atoms with Gasteiger partial charge in [0.1, 0.15) is 5.82 Å². The van der Waals surface area contributed by atoms with Gasteiger partial charge < -0.3 is 4.74 Å². The number of ether oxygens (including phenoxy) is 1. The molecular formula is C14H13FN2O4. The number of nitriles is 1. The number of benzene rings is 1. The summed E-state index contributed by atoms with van der Waals surface area (Å²) < 4.78 is 17.4. The third-order valence-electron chi connectivity index (χ3n) is 2.58. The molecule has 0 heterocycles. The molecule has 0 saturated carbocycles. The zero-order valence-electron chi connectivity index (χ0n) is 11.3. The first kappa shape index (κ1) is 16.3. The van der Waals surface area contributed by atoms with Gasteiger partial charge >= 0.3 is 12.0 Å². The zero-order valence-corrected chi connectivity index (χ0v) is 11.3. The van der Waals surface area contributed by atoms with Crippen LogP contribution in [0.15, 0.2) is 29.8 Å². The maximum absolute atomic E-state index is 12.8. The van der Waals surface area contributed by atoms with Crippen LogP contribution in [0.5, 0.6) is 0 Å². The van der Waals surface area contributed by atoms with Crippen LogP contribution in [0.2, 0.25) is 0 Å². The van der Waals surface area contributed by atoms with Gasteiger partial charge in [-0.2, -0.15) is 5.26 Å². The van der Waals surface area contributed by atoms with Crippen molar-refractivity contribution in [2.75, 3.05) is 6.61 Å². The van der Waals surface area contributed by atoms with Crippen molar-refractivity contribution in [2.45, 2.75) is 19.4 Å². The van der Waals surface area contributed by atoms with E-state index < -0.39 is 22.8 Å². The molecule has 0 saturated heterocycles. The van der Waals surface area contributed by atoms with Gasteiger partial charge in [-0.1, -0.05) is 12.1 Å². The Hall–Kier alpha value is -2.75. The van der Waals surface area contributed by atoms with E-state index in [2.05, 4.69) is 4.74 Å². The first-order valence-corrected chi connectivity index (χ1v) is 6.14. The van der Waals surface area contributed by atoms with Crippen molar-refractivity contribution in [3.63, 3.8) is 0 Å². The third-order valence-corrected chi connectivity index (χ3v) is 2.58. The highest BCUT2D eigenvalue weighted by atomic mass is 19.1. The zero-order chi connectivity index (χ0) is 15.8. The molecule has 1 atom stereocenters. The van der Waals surface area contributed by atoms with E-state index in [1.165, 1.54) is 37.3 Å². The number of nitrogens with zero attached hydrogens (tertiary/aromatic N) is 2. The van der Waals surface area contributed by atoms with E-state index in [-0.39, 0.29) is 18.6 Å². The normalized spacial score (nSPS) is 12.3. The van der Waals surface area contributed by atoms with Gasteiger partial charge in [0.05, 0.1) is 19.1 Å². The van der Waals surface area contributed by atoms with Crippen LogP contribution < -0.4 is 0 Å². The second kappa shape index (κ2) is 7.75. The average Bonchev–Trinajstić information content (AvgIpc) is 2.45. The van der Waals surface area contributed by atoms with E-state index in [0.29, 0.717) is 5.56 Å². The van der Waals surface area contributed by atoms with Crippen LogP contribution in [0.25, 0.3) is 6.08 Å². The van der Waals surface area contributed by atoms with Gasteiger partial charge in [0.2, 0.25) is 0 Å². The molecule has 0 aliphatic heterocycles. The molecule has 0 fully saturated rings. The minimum Gasteiger partial charge on any atom is -0.461 e. The molecule has 6 nitrogen and oxygen atoms in total. The molecule has 1 unspecified atom stereocenters. The van der Waals surface area contributed by atoms with Crippen molar-refractivity contribution in [1.29, 1.82) is 5.26 Å². The van der Waals surface area contributed by atoms with E-state index >= 15 is 0 Å². The third kappa shape index (κ3) is 5.03. The summed E-state index contributed by atoms with van der Waals surface area (Å²) in [7, 11) is 0. The van der Waals surface area contributed by atoms with Crippen LogP contribution in [0, 0.1) is 27.3 Å². The van der Waals surface area contributed by atoms with Gasteiger partial charge in [-0.15, -0.1) is 0 Å². The molecule has 0 aliphatic carbocycles. The summed E-state index contributed by atoms with van der Waals surface area (Å²) in [6, 6.07) is 5.44. The molecule has 21 heavy (non-hydrogen) atoms. The summed E-state index contributed by atoms with van der Waals surface area (Å²) >= 11 is 0. The fourth-order valence-electron chi connectivity index (χ4n) is 1.59. The molecule has 1 aromatic rings. The standard InChI is InChI=1S/C14H13FN2O4/c1-2-21-14(18)13(17(19)20)8-11(9-16)7-10-3-5-12(15)6-4-10/h3-7,13H,2,8H2,1H3/b11-7-. The monoisotopic (exact) mass is 292 g/mol. The molecule has 0 N–H and O–H groups in total. The largest absolute Gasteiger partial charge is 0.461 e. The molecular weight excluding hydrogens is 279 g/mol. The van der Waals surface area contributed by atoms with Crippen LogP contribution in [-0.4, -0.2) is 23.5 Å². The number of nitro groups is 1. The Bertz CT molecular complexity index is 590. The maximum atomic E-state index is 12.8. The Morgan fingerprint density at radius 3 is 2.62 bits per heavy atom. The van der Waals surface area contributed by atoms with Gasteiger partial charge in [-0.25, -0.2) is 9.18 Å². The Kier molecular flexibility index (Phi) is 6.01. The van der Waals surface area contributed by atoms with Gasteiger partial charge in [0, 0.05) is 10.5 Å². The van der Waals surface area contributed by atoms with Crippen molar-refractivity contribution >= 4 is 12.0 Å². The lowest BCUT2D eigenvalue weighted by Gasteiger charge is -2.07. The second-order valence-corrected chi connectivity index (χ2v) is 4.09. The van der Waals surface area contributed by atoms with Crippen molar-refractivity contribution in [1.82, 2.24) is 0 Å².